The first-order valence-corrected chi connectivity index (χ1v) is 8.97. The van der Waals surface area contributed by atoms with Crippen molar-refractivity contribution in [1.29, 1.82) is 0 Å². The van der Waals surface area contributed by atoms with E-state index in [1.807, 2.05) is 6.92 Å². The van der Waals surface area contributed by atoms with E-state index in [9.17, 15) is 10.2 Å². The van der Waals surface area contributed by atoms with Crippen LogP contribution in [-0.4, -0.2) is 57.5 Å². The molecule has 0 aromatic heterocycles. The van der Waals surface area contributed by atoms with Crippen LogP contribution >= 0.6 is 23.2 Å². The number of methoxy groups -OCH3 is 1. The quantitative estimate of drug-likeness (QED) is 0.691. The molecule has 3 aliphatic carbocycles. The summed E-state index contributed by atoms with van der Waals surface area (Å²) in [5.74, 6) is -1.80. The van der Waals surface area contributed by atoms with E-state index in [0.29, 0.717) is 6.42 Å². The lowest BCUT2D eigenvalue weighted by Gasteiger charge is -2.70. The molecule has 6 rings (SSSR count). The topological polar surface area (TPSA) is 68.2 Å². The molecule has 8 atom stereocenters. The number of ether oxygens (including phenoxy) is 3. The maximum Gasteiger partial charge on any atom is 0.211 e. The fraction of sp³-hybridized carbons (Fsp3) is 1.00. The number of halogens is 2. The number of aliphatic hydroxyl groups is 2. The van der Waals surface area contributed by atoms with Crippen molar-refractivity contribution in [3.8, 4) is 0 Å². The van der Waals surface area contributed by atoms with Crippen LogP contribution in [0.1, 0.15) is 33.1 Å². The van der Waals surface area contributed by atoms with Crippen molar-refractivity contribution in [2.75, 3.05) is 13.7 Å². The minimum Gasteiger partial charge on any atom is -0.386 e. The van der Waals surface area contributed by atoms with Gasteiger partial charge in [-0.05, 0) is 26.2 Å². The first-order chi connectivity index (χ1) is 10.5. The van der Waals surface area contributed by atoms with E-state index in [1.165, 1.54) is 0 Å². The van der Waals surface area contributed by atoms with Crippen molar-refractivity contribution >= 4 is 23.2 Å². The molecule has 1 unspecified atom stereocenters. The van der Waals surface area contributed by atoms with Crippen LogP contribution < -0.4 is 0 Å². The Morgan fingerprint density at radius 1 is 1.17 bits per heavy atom. The lowest BCUT2D eigenvalue weighted by Crippen LogP contribution is -2.79. The highest BCUT2D eigenvalue weighted by Gasteiger charge is 2.96. The standard InChI is InChI=1S/C16H22Cl2O5/c1-11(21-3)4-5-13-7-22-16(20)12(13,2)14(19)6-8(11)9(13)23-10(14)15(16,17)18/h8-10,19-20H,4-7H2,1-3H3/t8-,9+,10-,11+,12+,13+,14?,16+/m0/s1. The average molecular weight is 365 g/mol. The van der Waals surface area contributed by atoms with Crippen molar-refractivity contribution in [2.24, 2.45) is 16.7 Å². The van der Waals surface area contributed by atoms with Crippen LogP contribution in [0.5, 0.6) is 0 Å². The summed E-state index contributed by atoms with van der Waals surface area (Å²) in [5, 5.41) is 23.0. The highest BCUT2D eigenvalue weighted by molar-refractivity contribution is 6.50. The van der Waals surface area contributed by atoms with Gasteiger partial charge in [0.1, 0.15) is 11.7 Å². The maximum absolute atomic E-state index is 11.7. The van der Waals surface area contributed by atoms with Gasteiger partial charge >= 0.3 is 0 Å². The molecule has 3 saturated heterocycles. The lowest BCUT2D eigenvalue weighted by molar-refractivity contribution is -0.367. The number of hydrogen-bond acceptors (Lipinski definition) is 5. The van der Waals surface area contributed by atoms with Crippen LogP contribution in [0.4, 0.5) is 0 Å². The van der Waals surface area contributed by atoms with Gasteiger partial charge in [-0.25, -0.2) is 0 Å². The van der Waals surface area contributed by atoms with Gasteiger partial charge in [-0.2, -0.15) is 0 Å². The smallest absolute Gasteiger partial charge is 0.211 e. The van der Waals surface area contributed by atoms with Crippen LogP contribution in [0.15, 0.2) is 0 Å². The highest BCUT2D eigenvalue weighted by atomic mass is 35.5. The molecule has 0 radical (unpaired) electrons. The van der Waals surface area contributed by atoms with Gasteiger partial charge in [-0.15, -0.1) is 0 Å². The van der Waals surface area contributed by atoms with Crippen LogP contribution in [-0.2, 0) is 14.2 Å². The largest absolute Gasteiger partial charge is 0.386 e. The summed E-state index contributed by atoms with van der Waals surface area (Å²) in [6, 6.07) is 0. The molecule has 2 N–H and O–H groups in total. The molecule has 0 amide bonds. The van der Waals surface area contributed by atoms with E-state index in [1.54, 1.807) is 7.11 Å². The summed E-state index contributed by atoms with van der Waals surface area (Å²) in [7, 11) is 1.70. The summed E-state index contributed by atoms with van der Waals surface area (Å²) in [6.07, 6.45) is 0.927. The first kappa shape index (κ1) is 15.6. The molecule has 23 heavy (non-hydrogen) atoms. The Kier molecular flexibility index (Phi) is 2.53. The van der Waals surface area contributed by atoms with Gasteiger partial charge in [0, 0.05) is 18.4 Å². The summed E-state index contributed by atoms with van der Waals surface area (Å²) in [6.45, 7) is 4.23. The molecular weight excluding hydrogens is 343 g/mol. The van der Waals surface area contributed by atoms with Gasteiger partial charge < -0.3 is 24.4 Å². The SMILES string of the molecule is CO[C@]1(C)CC[C@@]23CO[C@@]4(O)C(Cl)(Cl)[C@H]5O[C@@H]2[C@@H]1CC5(O)[C@@]34C. The molecule has 5 nitrogen and oxygen atoms in total. The molecule has 130 valence electrons. The molecule has 6 bridgehead atoms. The summed E-state index contributed by atoms with van der Waals surface area (Å²) >= 11 is 13.1. The monoisotopic (exact) mass is 364 g/mol. The second kappa shape index (κ2) is 3.73. The van der Waals surface area contributed by atoms with Gasteiger partial charge in [0.2, 0.25) is 10.1 Å². The number of hydrogen-bond donors (Lipinski definition) is 2. The van der Waals surface area contributed by atoms with Gasteiger partial charge in [0.15, 0.2) is 0 Å². The minimum absolute atomic E-state index is 0.0174. The second-order valence-corrected chi connectivity index (χ2v) is 9.91. The molecule has 7 heteroatoms. The Bertz CT molecular complexity index is 615. The number of alkyl halides is 2. The molecule has 3 heterocycles. The van der Waals surface area contributed by atoms with Crippen molar-refractivity contribution < 1.29 is 24.4 Å². The van der Waals surface area contributed by atoms with E-state index in [-0.39, 0.29) is 24.2 Å². The molecule has 3 aliphatic heterocycles. The second-order valence-electron chi connectivity index (χ2n) is 8.53. The Hall–Kier alpha value is 0.380. The van der Waals surface area contributed by atoms with E-state index in [4.69, 9.17) is 37.4 Å². The minimum atomic E-state index is -1.82. The molecule has 1 spiro atoms. The van der Waals surface area contributed by atoms with E-state index in [0.717, 1.165) is 12.8 Å². The van der Waals surface area contributed by atoms with Gasteiger partial charge in [-0.1, -0.05) is 30.1 Å². The Morgan fingerprint density at radius 3 is 2.52 bits per heavy atom. The molecule has 6 fully saturated rings. The van der Waals surface area contributed by atoms with Gasteiger partial charge in [0.05, 0.1) is 23.7 Å². The predicted octanol–water partition coefficient (Wildman–Crippen LogP) is 1.60. The van der Waals surface area contributed by atoms with Crippen LogP contribution in [0, 0.1) is 16.7 Å². The van der Waals surface area contributed by atoms with E-state index < -0.39 is 32.7 Å². The molecule has 0 aromatic rings. The fourth-order valence-electron chi connectivity index (χ4n) is 6.74. The van der Waals surface area contributed by atoms with Gasteiger partial charge in [0.25, 0.3) is 0 Å². The van der Waals surface area contributed by atoms with Gasteiger partial charge in [-0.3, -0.25) is 0 Å². The molecular formula is C16H22Cl2O5. The predicted molar refractivity (Wildman–Crippen MR) is 82.2 cm³/mol. The third kappa shape index (κ3) is 1.14. The maximum atomic E-state index is 11.7. The van der Waals surface area contributed by atoms with Crippen LogP contribution in [0.3, 0.4) is 0 Å². The van der Waals surface area contributed by atoms with Crippen LogP contribution in [0.25, 0.3) is 0 Å². The average Bonchev–Trinajstić information content (AvgIpc) is 2.79. The third-order valence-corrected chi connectivity index (χ3v) is 9.24. The summed E-state index contributed by atoms with van der Waals surface area (Å²) < 4.78 is 16.2. The van der Waals surface area contributed by atoms with Crippen LogP contribution in [0.2, 0.25) is 0 Å². The van der Waals surface area contributed by atoms with E-state index >= 15 is 0 Å². The van der Waals surface area contributed by atoms with Crippen molar-refractivity contribution in [2.45, 2.75) is 66.6 Å². The lowest BCUT2D eigenvalue weighted by atomic mass is 9.40. The molecule has 6 aliphatic rings. The fourth-order valence-corrected chi connectivity index (χ4v) is 7.69. The molecule has 0 aromatic carbocycles. The van der Waals surface area contributed by atoms with Crippen molar-refractivity contribution in [1.82, 2.24) is 0 Å². The third-order valence-electron chi connectivity index (χ3n) is 8.33. The van der Waals surface area contributed by atoms with E-state index in [2.05, 4.69) is 6.92 Å². The zero-order valence-corrected chi connectivity index (χ0v) is 14.9. The molecule has 3 saturated carbocycles. The van der Waals surface area contributed by atoms with Crippen molar-refractivity contribution in [3.63, 3.8) is 0 Å². The van der Waals surface area contributed by atoms with Crippen molar-refractivity contribution in [3.05, 3.63) is 0 Å². The Labute approximate surface area is 145 Å². The zero-order valence-electron chi connectivity index (χ0n) is 13.4. The Balaban J connectivity index is 1.79. The Morgan fingerprint density at radius 2 is 1.87 bits per heavy atom. The summed E-state index contributed by atoms with van der Waals surface area (Å²) in [4.78, 5) is 0. The highest BCUT2D eigenvalue weighted by Crippen LogP contribution is 2.83. The normalized spacial score (nSPS) is 67.7. The zero-order chi connectivity index (χ0) is 16.7. The number of rotatable bonds is 1. The summed E-state index contributed by atoms with van der Waals surface area (Å²) in [5.41, 5.74) is -3.18. The first-order valence-electron chi connectivity index (χ1n) is 8.21.